The molecule has 0 saturated carbocycles. The Morgan fingerprint density at radius 3 is 2.40 bits per heavy atom. The summed E-state index contributed by atoms with van der Waals surface area (Å²) < 4.78 is 28.8. The molecular formula is C6H6N2O2. The number of nitrogens with two attached hydrogens (primary N) is 1. The van der Waals surface area contributed by atoms with Crippen LogP contribution in [-0.2, 0) is 0 Å². The molecule has 0 amide bonds. The average molecular weight is 142 g/mol. The summed E-state index contributed by atoms with van der Waals surface area (Å²) in [6.07, 6.45) is 0. The van der Waals surface area contributed by atoms with Gasteiger partial charge in [0.15, 0.2) is 0 Å². The third-order valence-corrected chi connectivity index (χ3v) is 0.814. The summed E-state index contributed by atoms with van der Waals surface area (Å²) in [7, 11) is 0. The first-order valence-corrected chi connectivity index (χ1v) is 2.38. The van der Waals surface area contributed by atoms with Crippen LogP contribution in [0.3, 0.4) is 0 Å². The molecule has 0 unspecified atom stereocenters. The van der Waals surface area contributed by atoms with Gasteiger partial charge in [-0.3, -0.25) is 10.1 Å². The number of hydrogen-bond acceptors (Lipinski definition) is 3. The van der Waals surface area contributed by atoms with Crippen molar-refractivity contribution >= 4 is 11.4 Å². The molecule has 52 valence electrons. The van der Waals surface area contributed by atoms with Gasteiger partial charge in [0.1, 0.15) is 0 Å². The third kappa shape index (κ3) is 1.22. The van der Waals surface area contributed by atoms with Crippen LogP contribution in [0.4, 0.5) is 11.4 Å². The highest BCUT2D eigenvalue weighted by Crippen LogP contribution is 2.11. The molecule has 0 aromatic heterocycles. The van der Waals surface area contributed by atoms with E-state index in [0.717, 1.165) is 0 Å². The standard InChI is InChI=1S/C6H6N2O2/c7-5-1-3-6(4-2-5)8(9)10/h1-4H,7H2/i1D,2D,3D,4D. The van der Waals surface area contributed by atoms with Crippen molar-refractivity contribution < 1.29 is 10.4 Å². The summed E-state index contributed by atoms with van der Waals surface area (Å²) >= 11 is 0. The van der Waals surface area contributed by atoms with Crippen LogP contribution >= 0.6 is 0 Å². The van der Waals surface area contributed by atoms with Crippen molar-refractivity contribution in [3.8, 4) is 0 Å². The first kappa shape index (κ1) is 3.01. The number of nitrogen functional groups attached to an aromatic ring is 1. The smallest absolute Gasteiger partial charge is 0.269 e. The van der Waals surface area contributed by atoms with E-state index in [1.807, 2.05) is 0 Å². The summed E-state index contributed by atoms with van der Waals surface area (Å²) in [6.45, 7) is 0. The first-order chi connectivity index (χ1) is 6.37. The van der Waals surface area contributed by atoms with Gasteiger partial charge < -0.3 is 5.73 Å². The zero-order chi connectivity index (χ0) is 11.0. The van der Waals surface area contributed by atoms with E-state index in [9.17, 15) is 10.1 Å². The van der Waals surface area contributed by atoms with E-state index in [1.165, 1.54) is 0 Å². The van der Waals surface area contributed by atoms with Crippen molar-refractivity contribution in [2.45, 2.75) is 0 Å². The molecule has 0 bridgehead atoms. The summed E-state index contributed by atoms with van der Waals surface area (Å²) in [5, 5.41) is 10.4. The van der Waals surface area contributed by atoms with Crippen molar-refractivity contribution in [2.24, 2.45) is 0 Å². The second-order valence-electron chi connectivity index (χ2n) is 1.52. The van der Waals surface area contributed by atoms with Crippen LogP contribution in [0.5, 0.6) is 0 Å². The van der Waals surface area contributed by atoms with Gasteiger partial charge in [-0.1, -0.05) is 0 Å². The zero-order valence-corrected chi connectivity index (χ0v) is 4.84. The summed E-state index contributed by atoms with van der Waals surface area (Å²) in [6, 6.07) is -2.63. The van der Waals surface area contributed by atoms with Gasteiger partial charge in [-0.15, -0.1) is 0 Å². The number of nitro groups is 1. The Labute approximate surface area is 63.0 Å². The van der Waals surface area contributed by atoms with Crippen molar-refractivity contribution in [1.29, 1.82) is 0 Å². The van der Waals surface area contributed by atoms with Gasteiger partial charge in [0.25, 0.3) is 5.69 Å². The van der Waals surface area contributed by atoms with Crippen molar-refractivity contribution in [3.63, 3.8) is 0 Å². The maximum absolute atomic E-state index is 10.4. The Morgan fingerprint density at radius 2 is 2.00 bits per heavy atom. The molecule has 2 N–H and O–H groups in total. The van der Waals surface area contributed by atoms with E-state index >= 15 is 0 Å². The summed E-state index contributed by atoms with van der Waals surface area (Å²) in [4.78, 5) is 9.46. The van der Waals surface area contributed by atoms with E-state index in [2.05, 4.69) is 0 Å². The Bertz CT molecular complexity index is 392. The van der Waals surface area contributed by atoms with Crippen LogP contribution in [0, 0.1) is 10.1 Å². The molecule has 1 aromatic rings. The van der Waals surface area contributed by atoms with E-state index < -0.39 is 34.8 Å². The lowest BCUT2D eigenvalue weighted by Gasteiger charge is -1.90. The van der Waals surface area contributed by atoms with Gasteiger partial charge in [-0.2, -0.15) is 0 Å². The fraction of sp³-hybridized carbons (Fsp3) is 0. The number of benzene rings is 1. The number of hydrogen-bond donors (Lipinski definition) is 1. The maximum Gasteiger partial charge on any atom is 0.269 e. The van der Waals surface area contributed by atoms with Crippen molar-refractivity contribution in [2.75, 3.05) is 5.73 Å². The van der Waals surface area contributed by atoms with E-state index in [0.29, 0.717) is 0 Å². The molecule has 0 aliphatic rings. The van der Waals surface area contributed by atoms with Gasteiger partial charge in [0.2, 0.25) is 0 Å². The van der Waals surface area contributed by atoms with Gasteiger partial charge in [0.05, 0.1) is 10.4 Å². The van der Waals surface area contributed by atoms with E-state index in [4.69, 9.17) is 11.2 Å². The number of nitrogens with zero attached hydrogens (tertiary/aromatic N) is 1. The lowest BCUT2D eigenvalue weighted by Crippen LogP contribution is -1.88. The van der Waals surface area contributed by atoms with Crippen molar-refractivity contribution in [3.05, 3.63) is 34.3 Å². The third-order valence-electron chi connectivity index (χ3n) is 0.814. The molecule has 0 radical (unpaired) electrons. The normalized spacial score (nSPS) is 14.8. The minimum Gasteiger partial charge on any atom is -0.399 e. The predicted molar refractivity (Wildman–Crippen MR) is 37.5 cm³/mol. The first-order valence-electron chi connectivity index (χ1n) is 4.38. The quantitative estimate of drug-likeness (QED) is 0.363. The molecule has 0 atom stereocenters. The predicted octanol–water partition coefficient (Wildman–Crippen LogP) is 1.18. The Balaban J connectivity index is 3.68. The molecule has 0 spiro atoms. The highest BCUT2D eigenvalue weighted by Gasteiger charge is 2.00. The Morgan fingerprint density at radius 1 is 1.50 bits per heavy atom. The van der Waals surface area contributed by atoms with E-state index in [1.54, 1.807) is 0 Å². The van der Waals surface area contributed by atoms with Crippen LogP contribution in [0.1, 0.15) is 5.48 Å². The van der Waals surface area contributed by atoms with Crippen LogP contribution in [0.15, 0.2) is 24.2 Å². The van der Waals surface area contributed by atoms with E-state index in [-0.39, 0.29) is 5.69 Å². The Kier molecular flexibility index (Phi) is 0.705. The maximum atomic E-state index is 10.4. The molecule has 4 nitrogen and oxygen atoms in total. The molecule has 0 heterocycles. The van der Waals surface area contributed by atoms with Gasteiger partial charge in [-0.05, 0) is 12.1 Å². The number of rotatable bonds is 1. The van der Waals surface area contributed by atoms with Crippen LogP contribution in [-0.4, -0.2) is 4.92 Å². The van der Waals surface area contributed by atoms with Crippen LogP contribution in [0.2, 0.25) is 0 Å². The number of nitro benzene ring substituents is 1. The average Bonchev–Trinajstić information content (AvgIpc) is 2.11. The van der Waals surface area contributed by atoms with Gasteiger partial charge in [-0.25, -0.2) is 0 Å². The lowest BCUT2D eigenvalue weighted by molar-refractivity contribution is -0.384. The highest BCUT2D eigenvalue weighted by atomic mass is 16.6. The molecule has 4 heteroatoms. The highest BCUT2D eigenvalue weighted by molar-refractivity contribution is 5.44. The molecule has 1 rings (SSSR count). The fourth-order valence-electron chi connectivity index (χ4n) is 0.407. The molecule has 0 aliphatic heterocycles. The second-order valence-corrected chi connectivity index (χ2v) is 1.52. The molecule has 0 fully saturated rings. The van der Waals surface area contributed by atoms with Crippen LogP contribution < -0.4 is 5.73 Å². The largest absolute Gasteiger partial charge is 0.399 e. The molecule has 1 aromatic carbocycles. The summed E-state index contributed by atoms with van der Waals surface area (Å²) in [5.74, 6) is 0. The minimum absolute atomic E-state index is 0.384. The van der Waals surface area contributed by atoms with Gasteiger partial charge in [0, 0.05) is 17.8 Å². The second kappa shape index (κ2) is 2.34. The monoisotopic (exact) mass is 142 g/mol. The molecule has 0 saturated heterocycles. The molecular weight excluding hydrogens is 132 g/mol. The fourth-order valence-corrected chi connectivity index (χ4v) is 0.407. The molecule has 10 heavy (non-hydrogen) atoms. The topological polar surface area (TPSA) is 69.2 Å². The number of anilines is 1. The van der Waals surface area contributed by atoms with Gasteiger partial charge >= 0.3 is 0 Å². The SMILES string of the molecule is [2H]c1c([2H])c([N+](=O)[O-])c([2H])c([2H])c1N. The zero-order valence-electron chi connectivity index (χ0n) is 8.84. The minimum atomic E-state index is -0.958. The van der Waals surface area contributed by atoms with Crippen LogP contribution in [0.25, 0.3) is 0 Å². The molecule has 0 aliphatic carbocycles. The van der Waals surface area contributed by atoms with Crippen molar-refractivity contribution in [1.82, 2.24) is 0 Å². The lowest BCUT2D eigenvalue weighted by atomic mass is 10.3. The summed E-state index contributed by atoms with van der Waals surface area (Å²) in [5.41, 5.74) is 3.98. The Hall–Kier alpha value is -1.58.